The molecule has 0 fully saturated rings. The second-order valence-electron chi connectivity index (χ2n) is 6.81. The standard InChI is InChI=1S/C22H22N2O4/c1-3-27-22(26)24-14-23(15(2)16-9-5-4-6-10-16)13-18-20(25)17-11-7-8-12-19(17)28-21(18)24/h4-12,15H,3,13-14H2,1-2H3. The van der Waals surface area contributed by atoms with Crippen molar-refractivity contribution in [2.75, 3.05) is 18.2 Å². The topological polar surface area (TPSA) is 63.0 Å². The molecule has 4 rings (SSSR count). The van der Waals surface area contributed by atoms with Gasteiger partial charge in [-0.2, -0.15) is 0 Å². The van der Waals surface area contributed by atoms with Crippen molar-refractivity contribution in [3.05, 3.63) is 75.9 Å². The van der Waals surface area contributed by atoms with Gasteiger partial charge in [-0.25, -0.2) is 9.69 Å². The molecule has 0 saturated carbocycles. The summed E-state index contributed by atoms with van der Waals surface area (Å²) in [5.74, 6) is 0.277. The SMILES string of the molecule is CCOC(=O)N1CN(C(C)c2ccccc2)Cc2c1oc1ccccc1c2=O. The number of carbonyl (C=O) groups excluding carboxylic acids is 1. The molecule has 0 spiro atoms. The van der Waals surface area contributed by atoms with Gasteiger partial charge >= 0.3 is 6.09 Å². The number of ether oxygens (including phenoxy) is 1. The summed E-state index contributed by atoms with van der Waals surface area (Å²) in [6.07, 6.45) is -0.521. The zero-order valence-electron chi connectivity index (χ0n) is 15.9. The normalized spacial score (nSPS) is 15.3. The predicted molar refractivity (Wildman–Crippen MR) is 107 cm³/mol. The van der Waals surface area contributed by atoms with Crippen LogP contribution in [0.25, 0.3) is 11.0 Å². The molecule has 1 aliphatic heterocycles. The number of nitrogens with zero attached hydrogens (tertiary/aromatic N) is 2. The second kappa shape index (κ2) is 7.48. The van der Waals surface area contributed by atoms with Gasteiger partial charge < -0.3 is 9.15 Å². The van der Waals surface area contributed by atoms with E-state index in [0.717, 1.165) is 5.56 Å². The third-order valence-electron chi connectivity index (χ3n) is 5.12. The minimum atomic E-state index is -0.521. The van der Waals surface area contributed by atoms with Crippen LogP contribution in [0.2, 0.25) is 0 Å². The maximum absolute atomic E-state index is 13.1. The van der Waals surface area contributed by atoms with E-state index in [1.165, 1.54) is 4.90 Å². The van der Waals surface area contributed by atoms with Crippen molar-refractivity contribution in [3.63, 3.8) is 0 Å². The zero-order chi connectivity index (χ0) is 19.7. The Morgan fingerprint density at radius 1 is 1.14 bits per heavy atom. The molecule has 28 heavy (non-hydrogen) atoms. The molecule has 1 aliphatic rings. The molecular weight excluding hydrogens is 356 g/mol. The molecule has 2 aromatic carbocycles. The van der Waals surface area contributed by atoms with Gasteiger partial charge in [0.2, 0.25) is 5.88 Å². The number of para-hydroxylation sites is 1. The van der Waals surface area contributed by atoms with Gasteiger partial charge in [-0.1, -0.05) is 42.5 Å². The van der Waals surface area contributed by atoms with Crippen LogP contribution in [0, 0.1) is 0 Å². The Bertz CT molecular complexity index is 1060. The molecule has 1 amide bonds. The van der Waals surface area contributed by atoms with Crippen LogP contribution in [0.5, 0.6) is 0 Å². The van der Waals surface area contributed by atoms with E-state index >= 15 is 0 Å². The van der Waals surface area contributed by atoms with Crippen molar-refractivity contribution in [1.29, 1.82) is 0 Å². The fraction of sp³-hybridized carbons (Fsp3) is 0.273. The summed E-state index contributed by atoms with van der Waals surface area (Å²) in [6, 6.07) is 17.1. The molecule has 1 atom stereocenters. The first-order valence-corrected chi connectivity index (χ1v) is 9.38. The van der Waals surface area contributed by atoms with Gasteiger partial charge in [-0.15, -0.1) is 0 Å². The minimum Gasteiger partial charge on any atom is -0.449 e. The van der Waals surface area contributed by atoms with Gasteiger partial charge in [0.05, 0.1) is 24.2 Å². The van der Waals surface area contributed by atoms with E-state index in [9.17, 15) is 9.59 Å². The van der Waals surface area contributed by atoms with Gasteiger partial charge in [0.15, 0.2) is 5.43 Å². The fourth-order valence-electron chi connectivity index (χ4n) is 3.57. The number of rotatable bonds is 3. The molecule has 0 radical (unpaired) electrons. The van der Waals surface area contributed by atoms with E-state index in [2.05, 4.69) is 11.8 Å². The third-order valence-corrected chi connectivity index (χ3v) is 5.12. The highest BCUT2D eigenvalue weighted by atomic mass is 16.6. The molecular formula is C22H22N2O4. The number of hydrogen-bond acceptors (Lipinski definition) is 5. The number of hydrogen-bond donors (Lipinski definition) is 0. The maximum atomic E-state index is 13.1. The predicted octanol–water partition coefficient (Wildman–Crippen LogP) is 4.29. The Morgan fingerprint density at radius 3 is 2.61 bits per heavy atom. The molecule has 1 aromatic heterocycles. The van der Waals surface area contributed by atoms with Crippen molar-refractivity contribution in [1.82, 2.24) is 4.90 Å². The molecule has 1 unspecified atom stereocenters. The molecule has 0 saturated heterocycles. The Labute approximate surface area is 162 Å². The van der Waals surface area contributed by atoms with Crippen molar-refractivity contribution in [2.45, 2.75) is 26.4 Å². The van der Waals surface area contributed by atoms with Crippen LogP contribution < -0.4 is 10.3 Å². The lowest BCUT2D eigenvalue weighted by atomic mass is 10.0. The monoisotopic (exact) mass is 378 g/mol. The highest BCUT2D eigenvalue weighted by Crippen LogP contribution is 2.33. The quantitative estimate of drug-likeness (QED) is 0.680. The van der Waals surface area contributed by atoms with Crippen LogP contribution in [0.1, 0.15) is 31.0 Å². The largest absolute Gasteiger partial charge is 0.449 e. The Hall–Kier alpha value is -3.12. The fourth-order valence-corrected chi connectivity index (χ4v) is 3.57. The molecule has 0 aliphatic carbocycles. The van der Waals surface area contributed by atoms with E-state index in [1.54, 1.807) is 25.1 Å². The summed E-state index contributed by atoms with van der Waals surface area (Å²) < 4.78 is 11.2. The van der Waals surface area contributed by atoms with Crippen molar-refractivity contribution in [3.8, 4) is 0 Å². The van der Waals surface area contributed by atoms with Crippen LogP contribution in [0.15, 0.2) is 63.8 Å². The van der Waals surface area contributed by atoms with Crippen LogP contribution >= 0.6 is 0 Å². The molecule has 144 valence electrons. The summed E-state index contributed by atoms with van der Waals surface area (Å²) in [5, 5.41) is 0.513. The highest BCUT2D eigenvalue weighted by Gasteiger charge is 2.35. The van der Waals surface area contributed by atoms with Crippen LogP contribution in [0.3, 0.4) is 0 Å². The van der Waals surface area contributed by atoms with Gasteiger partial charge in [-0.05, 0) is 31.5 Å². The minimum absolute atomic E-state index is 0.0112. The first-order valence-electron chi connectivity index (χ1n) is 9.38. The van der Waals surface area contributed by atoms with E-state index in [0.29, 0.717) is 23.1 Å². The lowest BCUT2D eigenvalue weighted by Crippen LogP contribution is -2.48. The smallest absolute Gasteiger partial charge is 0.417 e. The molecule has 0 bridgehead atoms. The Balaban J connectivity index is 1.82. The van der Waals surface area contributed by atoms with Gasteiger partial charge in [0, 0.05) is 12.6 Å². The van der Waals surface area contributed by atoms with Crippen molar-refractivity contribution < 1.29 is 13.9 Å². The van der Waals surface area contributed by atoms with E-state index in [4.69, 9.17) is 9.15 Å². The molecule has 2 heterocycles. The van der Waals surface area contributed by atoms with Gasteiger partial charge in [-0.3, -0.25) is 9.69 Å². The summed E-state index contributed by atoms with van der Waals surface area (Å²) in [6.45, 7) is 4.74. The summed E-state index contributed by atoms with van der Waals surface area (Å²) >= 11 is 0. The summed E-state index contributed by atoms with van der Waals surface area (Å²) in [5.41, 5.74) is 1.93. The number of carbonyl (C=O) groups is 1. The molecule has 6 heteroatoms. The Kier molecular flexibility index (Phi) is 4.88. The third kappa shape index (κ3) is 3.16. The molecule has 3 aromatic rings. The van der Waals surface area contributed by atoms with Crippen LogP contribution in [-0.4, -0.2) is 24.3 Å². The van der Waals surface area contributed by atoms with Crippen molar-refractivity contribution >= 4 is 22.9 Å². The van der Waals surface area contributed by atoms with E-state index in [-0.39, 0.29) is 30.6 Å². The molecule has 6 nitrogen and oxygen atoms in total. The highest BCUT2D eigenvalue weighted by molar-refractivity contribution is 5.89. The number of amides is 1. The summed E-state index contributed by atoms with van der Waals surface area (Å²) in [4.78, 5) is 29.2. The Morgan fingerprint density at radius 2 is 1.86 bits per heavy atom. The average molecular weight is 378 g/mol. The first kappa shape index (κ1) is 18.3. The van der Waals surface area contributed by atoms with Crippen molar-refractivity contribution in [2.24, 2.45) is 0 Å². The summed E-state index contributed by atoms with van der Waals surface area (Å²) in [7, 11) is 0. The maximum Gasteiger partial charge on any atom is 0.417 e. The lowest BCUT2D eigenvalue weighted by molar-refractivity contribution is 0.137. The second-order valence-corrected chi connectivity index (χ2v) is 6.81. The lowest BCUT2D eigenvalue weighted by Gasteiger charge is -2.38. The van der Waals surface area contributed by atoms with Crippen LogP contribution in [-0.2, 0) is 11.3 Å². The van der Waals surface area contributed by atoms with E-state index < -0.39 is 6.09 Å². The zero-order valence-corrected chi connectivity index (χ0v) is 15.9. The number of fused-ring (bicyclic) bond motifs is 2. The van der Waals surface area contributed by atoms with Crippen LogP contribution in [0.4, 0.5) is 10.7 Å². The van der Waals surface area contributed by atoms with Gasteiger partial charge in [0.25, 0.3) is 0 Å². The molecule has 0 N–H and O–H groups in total. The number of anilines is 1. The number of benzene rings is 2. The van der Waals surface area contributed by atoms with Gasteiger partial charge in [0.1, 0.15) is 5.58 Å². The average Bonchev–Trinajstić information content (AvgIpc) is 2.73. The first-order chi connectivity index (χ1) is 13.6. The van der Waals surface area contributed by atoms with E-state index in [1.807, 2.05) is 36.4 Å².